The fraction of sp³-hybridized carbons (Fsp3) is 0. The molecular formula is C16H44Mn2N2O22+10. The Morgan fingerprint density at radius 1 is 0.405 bits per heavy atom. The van der Waals surface area contributed by atoms with Crippen LogP contribution in [0.25, 0.3) is 0 Å². The normalized spacial score (nSPS) is 6.57. The second-order valence-electron chi connectivity index (χ2n) is 4.81. The Morgan fingerprint density at radius 2 is 0.595 bits per heavy atom. The van der Waals surface area contributed by atoms with Gasteiger partial charge in [-0.1, -0.05) is 12.1 Å². The maximum Gasteiger partial charge on any atom is 2.00 e. The molecule has 0 aliphatic carbocycles. The number of hydrogen-bond acceptors (Lipinski definition) is 10. The van der Waals surface area contributed by atoms with Crippen LogP contribution in [0.1, 0.15) is 41.4 Å². The first kappa shape index (κ1) is 98.1. The molecule has 0 unspecified atom stereocenters. The maximum atomic E-state index is 11.0. The Labute approximate surface area is 254 Å². The molecule has 0 amide bonds. The minimum Gasteiger partial charge on any atom is -0.545 e. The van der Waals surface area contributed by atoms with Crippen molar-refractivity contribution in [3.63, 3.8) is 0 Å². The van der Waals surface area contributed by atoms with E-state index >= 15 is 0 Å². The molecule has 0 aliphatic heterocycles. The Hall–Kier alpha value is -3.60. The van der Waals surface area contributed by atoms with Crippen LogP contribution in [-0.2, 0) is 88.9 Å². The van der Waals surface area contributed by atoms with Gasteiger partial charge in [0.05, 0.1) is 35.3 Å². The van der Waals surface area contributed by atoms with Crippen molar-refractivity contribution in [3.05, 3.63) is 58.7 Å². The van der Waals surface area contributed by atoms with Crippen molar-refractivity contribution in [1.29, 1.82) is 0 Å². The molecule has 24 nitrogen and oxygen atoms in total. The van der Waals surface area contributed by atoms with Gasteiger partial charge in [-0.05, 0) is 24.3 Å². The molecule has 26 heteroatoms. The molecule has 42 heavy (non-hydrogen) atoms. The minimum absolute atomic E-state index is 0. The van der Waals surface area contributed by atoms with E-state index in [9.17, 15) is 39.6 Å². The van der Waals surface area contributed by atoms with E-state index in [1.165, 1.54) is 0 Å². The van der Waals surface area contributed by atoms with E-state index in [1.54, 1.807) is 0 Å². The zero-order valence-corrected chi connectivity index (χ0v) is 23.5. The van der Waals surface area contributed by atoms with E-state index in [4.69, 9.17) is 0 Å². The molecule has 0 bridgehead atoms. The number of azo groups is 1. The second-order valence-corrected chi connectivity index (χ2v) is 4.81. The van der Waals surface area contributed by atoms with Crippen LogP contribution in [0.3, 0.4) is 0 Å². The summed E-state index contributed by atoms with van der Waals surface area (Å²) in [5.41, 5.74) is -2.72. The number of hydrogen-bond donors (Lipinski definition) is 0. The Balaban J connectivity index is -0.0000000350. The summed E-state index contributed by atoms with van der Waals surface area (Å²) in [4.78, 5) is 43.6. The molecule has 0 heterocycles. The number of carboxylic acid groups (broad SMARTS) is 4. The van der Waals surface area contributed by atoms with Gasteiger partial charge in [-0.3, -0.25) is 0 Å². The van der Waals surface area contributed by atoms with E-state index in [2.05, 4.69) is 10.2 Å². The van der Waals surface area contributed by atoms with Crippen LogP contribution in [-0.4, -0.2) is 45.8 Å². The van der Waals surface area contributed by atoms with Crippen molar-refractivity contribution in [3.8, 4) is 0 Å². The molecular weight excluding hydrogens is 682 g/mol. The quantitative estimate of drug-likeness (QED) is 0.156. The second kappa shape index (κ2) is 41.9. The molecule has 2 aromatic carbocycles. The van der Waals surface area contributed by atoms with Crippen LogP contribution in [0.2, 0.25) is 0 Å². The van der Waals surface area contributed by atoms with Gasteiger partial charge < -0.3 is 116 Å². The van der Waals surface area contributed by atoms with Crippen LogP contribution >= 0.6 is 0 Å². The van der Waals surface area contributed by atoms with Gasteiger partial charge in [0.15, 0.2) is 0 Å². The number of carbonyl (C=O) groups is 4. The summed E-state index contributed by atoms with van der Waals surface area (Å²) in [7, 11) is 0. The van der Waals surface area contributed by atoms with Crippen molar-refractivity contribution in [2.24, 2.45) is 10.2 Å². The van der Waals surface area contributed by atoms with E-state index < -0.39 is 46.1 Å². The fourth-order valence-electron chi connectivity index (χ4n) is 2.00. The number of aromatic carboxylic acids is 4. The molecule has 0 saturated carbocycles. The summed E-state index contributed by atoms with van der Waals surface area (Å²) in [6.07, 6.45) is 0. The molecule has 2 radical (unpaired) electrons. The Bertz CT molecular complexity index is 915. The Morgan fingerprint density at radius 3 is 0.762 bits per heavy atom. The van der Waals surface area contributed by atoms with Gasteiger partial charge >= 0.3 is 34.1 Å². The molecule has 0 saturated heterocycles. The van der Waals surface area contributed by atoms with Crippen molar-refractivity contribution < 1.29 is 150 Å². The number of carbonyl (C=O) groups excluding carboxylic acids is 4. The predicted molar refractivity (Wildman–Crippen MR) is 138 cm³/mol. The summed E-state index contributed by atoms with van der Waals surface area (Å²) >= 11 is 0. The molecule has 0 fully saturated rings. The predicted octanol–water partition coefficient (Wildman–Crippen LogP) is -15.0. The number of carboxylic acids is 4. The monoisotopic (exact) mass is 726 g/mol. The number of rotatable bonds is 6. The third-order valence-corrected chi connectivity index (χ3v) is 3.17. The SMILES string of the molecule is O.O.O.O.O=C([O-])c1ccc(N=Nc2ccc(C(=O)[O-])c(C(=O)[O-])c2)cc1C(=O)[O-].[Mn+2].[Mn+2].[OH3+].[OH3+].[OH3+].[OH3+].[OH3+].[OH3+].[OH3+].[OH3+].[OH3+].[OH3+]. The average Bonchev–Trinajstić information content (AvgIpc) is 2.59. The summed E-state index contributed by atoms with van der Waals surface area (Å²) in [5.74, 6) is -6.97. The maximum absolute atomic E-state index is 11.0. The van der Waals surface area contributed by atoms with Crippen LogP contribution in [0.15, 0.2) is 46.6 Å². The van der Waals surface area contributed by atoms with Crippen LogP contribution < -0.4 is 20.4 Å². The van der Waals surface area contributed by atoms with E-state index in [-0.39, 0.29) is 122 Å². The molecule has 2 aromatic rings. The molecule has 0 atom stereocenters. The minimum atomic E-state index is -1.77. The smallest absolute Gasteiger partial charge is 0.545 e. The standard InChI is InChI=1S/C16H10N2O8.2Mn.14H2O/c19-13(20)9-3-1-7(5-11(9)15(23)24)17-18-8-2-4-10(14(21)22)12(6-8)16(25)26;;;;;;;;;;;;;;;;/h1-6H,(H,19,20)(H,21,22)(H,23,24)(H,25,26);;;14*1H2/q;2*+2;;;;;;;;;;;;;;/p+6. The van der Waals surface area contributed by atoms with E-state index in [1.807, 2.05) is 0 Å². The first-order valence-corrected chi connectivity index (χ1v) is 6.76. The third-order valence-electron chi connectivity index (χ3n) is 3.17. The molecule has 2 rings (SSSR count). The van der Waals surface area contributed by atoms with Gasteiger partial charge in [-0.2, -0.15) is 10.2 Å². The van der Waals surface area contributed by atoms with Gasteiger partial charge in [0.2, 0.25) is 0 Å². The molecule has 0 aliphatic rings. The van der Waals surface area contributed by atoms with Gasteiger partial charge in [0, 0.05) is 22.3 Å². The zero-order chi connectivity index (χ0) is 19.4. The van der Waals surface area contributed by atoms with Crippen molar-refractivity contribution in [2.45, 2.75) is 0 Å². The van der Waals surface area contributed by atoms with Crippen LogP contribution in [0.5, 0.6) is 0 Å². The van der Waals surface area contributed by atoms with Gasteiger partial charge in [-0.25, -0.2) is 0 Å². The third kappa shape index (κ3) is 24.2. The summed E-state index contributed by atoms with van der Waals surface area (Å²) in [5, 5.41) is 50.9. The van der Waals surface area contributed by atoms with Crippen molar-refractivity contribution in [1.82, 2.24) is 0 Å². The van der Waals surface area contributed by atoms with Gasteiger partial charge in [-0.15, -0.1) is 0 Å². The molecule has 254 valence electrons. The average molecular weight is 726 g/mol. The van der Waals surface area contributed by atoms with Crippen molar-refractivity contribution in [2.75, 3.05) is 0 Å². The summed E-state index contributed by atoms with van der Waals surface area (Å²) in [6.45, 7) is 0. The Kier molecular flexibility index (Phi) is 97.8. The topological polar surface area (TPSA) is 641 Å². The van der Waals surface area contributed by atoms with Gasteiger partial charge in [0.25, 0.3) is 0 Å². The summed E-state index contributed by atoms with van der Waals surface area (Å²) in [6, 6.07) is 5.88. The summed E-state index contributed by atoms with van der Waals surface area (Å²) < 4.78 is 0. The van der Waals surface area contributed by atoms with E-state index in [0.29, 0.717) is 0 Å². The number of benzene rings is 2. The largest absolute Gasteiger partial charge is 2.00 e. The molecule has 0 aromatic heterocycles. The van der Waals surface area contributed by atoms with Crippen molar-refractivity contribution >= 4 is 35.3 Å². The molecule has 38 N–H and O–H groups in total. The fourth-order valence-corrected chi connectivity index (χ4v) is 2.00. The zero-order valence-electron chi connectivity index (χ0n) is 21.2. The van der Waals surface area contributed by atoms with E-state index in [0.717, 1.165) is 36.4 Å². The first-order chi connectivity index (χ1) is 12.2. The van der Waals surface area contributed by atoms with Crippen LogP contribution in [0.4, 0.5) is 11.4 Å². The van der Waals surface area contributed by atoms with Crippen LogP contribution in [0, 0.1) is 0 Å². The number of nitrogens with zero attached hydrogens (tertiary/aromatic N) is 2. The first-order valence-electron chi connectivity index (χ1n) is 6.76. The van der Waals surface area contributed by atoms with Gasteiger partial charge in [0.1, 0.15) is 0 Å². The molecule has 0 spiro atoms.